The monoisotopic (exact) mass is 449 g/mol. The summed E-state index contributed by atoms with van der Waals surface area (Å²) in [6.45, 7) is 6.31. The Kier molecular flexibility index (Phi) is 11.0. The van der Waals surface area contributed by atoms with Gasteiger partial charge in [-0.1, -0.05) is 13.3 Å². The molecule has 1 aromatic carbocycles. The van der Waals surface area contributed by atoms with E-state index in [0.717, 1.165) is 29.5 Å². The van der Waals surface area contributed by atoms with E-state index in [-0.39, 0.29) is 24.9 Å². The first-order chi connectivity index (χ1) is 12.2. The number of carbonyl (C=O) groups is 1. The number of ether oxygens (including phenoxy) is 3. The van der Waals surface area contributed by atoms with E-state index in [2.05, 4.69) is 28.2 Å². The summed E-state index contributed by atoms with van der Waals surface area (Å²) in [4.78, 5) is 14.0. The van der Waals surface area contributed by atoms with Gasteiger partial charge in [-0.15, -0.1) is 0 Å². The van der Waals surface area contributed by atoms with Gasteiger partial charge < -0.3 is 36.8 Å². The van der Waals surface area contributed by atoms with Crippen molar-refractivity contribution in [3.8, 4) is 11.5 Å². The highest BCUT2D eigenvalue weighted by atomic mass is 79.9. The number of hydrogen-bond acceptors (Lipinski definition) is 5. The highest BCUT2D eigenvalue weighted by molar-refractivity contribution is 9.10. The average Bonchev–Trinajstić information content (AvgIpc) is 2.64. The molecule has 0 atom stereocenters. The van der Waals surface area contributed by atoms with Gasteiger partial charge in [0.2, 0.25) is 0 Å². The molecule has 2 rings (SSSR count). The first kappa shape index (κ1) is 23.0. The molecular formula is C18H27BrClN2O4-. The summed E-state index contributed by atoms with van der Waals surface area (Å²) in [6, 6.07) is 3.94. The standard InChI is InChI=1S/C18H27BrN2O4.ClH/c1-3-4-5-20-12-14-10-15(19)18(16(11-14)23-2)25-13-17(22)21-6-8-24-9-7-21;/h10-11,20H,3-9,12-13H2,1-2H3;1H/p-1. The number of nitrogens with one attached hydrogen (secondary N) is 1. The number of nitrogens with zero attached hydrogens (tertiary/aromatic N) is 1. The van der Waals surface area contributed by atoms with Crippen LogP contribution < -0.4 is 27.2 Å². The van der Waals surface area contributed by atoms with Gasteiger partial charge in [0.05, 0.1) is 24.8 Å². The second-order valence-corrected chi connectivity index (χ2v) is 6.78. The van der Waals surface area contributed by atoms with Crippen molar-refractivity contribution in [3.63, 3.8) is 0 Å². The van der Waals surface area contributed by atoms with Crippen molar-refractivity contribution in [1.82, 2.24) is 10.2 Å². The average molecular weight is 451 g/mol. The molecule has 6 nitrogen and oxygen atoms in total. The Morgan fingerprint density at radius 1 is 1.35 bits per heavy atom. The third-order valence-corrected chi connectivity index (χ3v) is 4.62. The number of carbonyl (C=O) groups excluding carboxylic acids is 1. The Balaban J connectivity index is 0.00000338. The van der Waals surface area contributed by atoms with Crippen LogP contribution in [0.2, 0.25) is 0 Å². The largest absolute Gasteiger partial charge is 1.00 e. The molecule has 148 valence electrons. The molecule has 1 aliphatic rings. The van der Waals surface area contributed by atoms with Crippen molar-refractivity contribution in [2.45, 2.75) is 26.3 Å². The second kappa shape index (κ2) is 12.4. The van der Waals surface area contributed by atoms with Gasteiger partial charge in [0.1, 0.15) is 0 Å². The van der Waals surface area contributed by atoms with E-state index >= 15 is 0 Å². The smallest absolute Gasteiger partial charge is 0.260 e. The van der Waals surface area contributed by atoms with Crippen molar-refractivity contribution < 1.29 is 31.4 Å². The van der Waals surface area contributed by atoms with Crippen molar-refractivity contribution >= 4 is 21.8 Å². The summed E-state index contributed by atoms with van der Waals surface area (Å²) in [6.07, 6.45) is 2.33. The molecule has 0 aliphatic carbocycles. The summed E-state index contributed by atoms with van der Waals surface area (Å²) in [5, 5.41) is 3.40. The van der Waals surface area contributed by atoms with E-state index in [4.69, 9.17) is 14.2 Å². The molecule has 1 fully saturated rings. The lowest BCUT2D eigenvalue weighted by Gasteiger charge is -2.27. The third-order valence-electron chi connectivity index (χ3n) is 4.03. The molecule has 0 radical (unpaired) electrons. The first-order valence-corrected chi connectivity index (χ1v) is 9.50. The molecule has 0 unspecified atom stereocenters. The lowest BCUT2D eigenvalue weighted by molar-refractivity contribution is -0.137. The van der Waals surface area contributed by atoms with Crippen molar-refractivity contribution in [2.24, 2.45) is 0 Å². The molecule has 0 bridgehead atoms. The maximum atomic E-state index is 12.2. The minimum atomic E-state index is -0.0393. The van der Waals surface area contributed by atoms with Crippen LogP contribution in [0.3, 0.4) is 0 Å². The van der Waals surface area contributed by atoms with Gasteiger partial charge in [0, 0.05) is 19.6 Å². The minimum absolute atomic E-state index is 0. The van der Waals surface area contributed by atoms with Crippen LogP contribution in [0.4, 0.5) is 0 Å². The molecule has 1 heterocycles. The quantitative estimate of drug-likeness (QED) is 0.518. The van der Waals surface area contributed by atoms with Gasteiger partial charge in [-0.05, 0) is 46.6 Å². The SMILES string of the molecule is CCCCNCc1cc(Br)c(OCC(=O)N2CCOCC2)c(OC)c1.[Cl-]. The molecule has 1 aliphatic heterocycles. The lowest BCUT2D eigenvalue weighted by atomic mass is 10.2. The Morgan fingerprint density at radius 2 is 2.08 bits per heavy atom. The zero-order valence-corrected chi connectivity index (χ0v) is 17.7. The topological polar surface area (TPSA) is 60.0 Å². The number of morpholine rings is 1. The summed E-state index contributed by atoms with van der Waals surface area (Å²) in [7, 11) is 1.60. The Hall–Kier alpha value is -1.02. The number of unbranched alkanes of at least 4 members (excludes halogenated alkanes) is 1. The van der Waals surface area contributed by atoms with Gasteiger partial charge >= 0.3 is 0 Å². The van der Waals surface area contributed by atoms with Crippen molar-refractivity contribution in [2.75, 3.05) is 46.6 Å². The van der Waals surface area contributed by atoms with Gasteiger partial charge in [0.15, 0.2) is 18.1 Å². The van der Waals surface area contributed by atoms with Crippen molar-refractivity contribution in [1.29, 1.82) is 0 Å². The Morgan fingerprint density at radius 3 is 2.73 bits per heavy atom. The molecule has 1 amide bonds. The molecule has 1 N–H and O–H groups in total. The van der Waals surface area contributed by atoms with E-state index in [1.54, 1.807) is 12.0 Å². The summed E-state index contributed by atoms with van der Waals surface area (Å²) in [5.74, 6) is 1.14. The maximum absolute atomic E-state index is 12.2. The summed E-state index contributed by atoms with van der Waals surface area (Å²) in [5.41, 5.74) is 1.10. The highest BCUT2D eigenvalue weighted by Gasteiger charge is 2.19. The third kappa shape index (κ3) is 6.95. The zero-order valence-electron chi connectivity index (χ0n) is 15.4. The molecule has 1 saturated heterocycles. The highest BCUT2D eigenvalue weighted by Crippen LogP contribution is 2.36. The van der Waals surface area contributed by atoms with Crippen LogP contribution >= 0.6 is 15.9 Å². The lowest BCUT2D eigenvalue weighted by Crippen LogP contribution is -3.00. The predicted octanol–water partition coefficient (Wildman–Crippen LogP) is -0.411. The van der Waals surface area contributed by atoms with Crippen LogP contribution in [0, 0.1) is 0 Å². The van der Waals surface area contributed by atoms with E-state index in [9.17, 15) is 4.79 Å². The molecular weight excluding hydrogens is 424 g/mol. The Bertz CT molecular complexity index is 568. The number of methoxy groups -OCH3 is 1. The predicted molar refractivity (Wildman–Crippen MR) is 100 cm³/mol. The van der Waals surface area contributed by atoms with Gasteiger partial charge in [0.25, 0.3) is 5.91 Å². The van der Waals surface area contributed by atoms with Crippen LogP contribution in [-0.4, -0.2) is 57.4 Å². The molecule has 0 spiro atoms. The van der Waals surface area contributed by atoms with Crippen LogP contribution in [0.25, 0.3) is 0 Å². The summed E-state index contributed by atoms with van der Waals surface area (Å²) < 4.78 is 17.2. The molecule has 0 aromatic heterocycles. The van der Waals surface area contributed by atoms with Gasteiger partial charge in [-0.2, -0.15) is 0 Å². The van der Waals surface area contributed by atoms with E-state index in [1.807, 2.05) is 12.1 Å². The van der Waals surface area contributed by atoms with E-state index in [0.29, 0.717) is 37.8 Å². The van der Waals surface area contributed by atoms with E-state index in [1.165, 1.54) is 6.42 Å². The molecule has 26 heavy (non-hydrogen) atoms. The van der Waals surface area contributed by atoms with Crippen LogP contribution in [0.15, 0.2) is 16.6 Å². The van der Waals surface area contributed by atoms with Gasteiger partial charge in [-0.25, -0.2) is 0 Å². The summed E-state index contributed by atoms with van der Waals surface area (Å²) >= 11 is 3.53. The Labute approximate surface area is 170 Å². The number of halogens is 2. The van der Waals surface area contributed by atoms with Crippen LogP contribution in [0.5, 0.6) is 11.5 Å². The second-order valence-electron chi connectivity index (χ2n) is 5.92. The van der Waals surface area contributed by atoms with Crippen LogP contribution in [0.1, 0.15) is 25.3 Å². The number of hydrogen-bond donors (Lipinski definition) is 1. The zero-order chi connectivity index (χ0) is 18.1. The number of benzene rings is 1. The van der Waals surface area contributed by atoms with Crippen LogP contribution in [-0.2, 0) is 16.1 Å². The maximum Gasteiger partial charge on any atom is 0.260 e. The fourth-order valence-corrected chi connectivity index (χ4v) is 3.19. The molecule has 8 heteroatoms. The van der Waals surface area contributed by atoms with Gasteiger partial charge in [-0.3, -0.25) is 4.79 Å². The normalized spacial score (nSPS) is 13.9. The number of amides is 1. The fraction of sp³-hybridized carbons (Fsp3) is 0.611. The molecule has 0 saturated carbocycles. The fourth-order valence-electron chi connectivity index (χ4n) is 2.59. The first-order valence-electron chi connectivity index (χ1n) is 8.71. The molecule has 1 aromatic rings. The number of rotatable bonds is 9. The van der Waals surface area contributed by atoms with Crippen molar-refractivity contribution in [3.05, 3.63) is 22.2 Å². The van der Waals surface area contributed by atoms with E-state index < -0.39 is 0 Å². The minimum Gasteiger partial charge on any atom is -1.00 e.